The highest BCUT2D eigenvalue weighted by molar-refractivity contribution is 7.09. The number of carbonyl (C=O) groups is 1. The Morgan fingerprint density at radius 3 is 2.86 bits per heavy atom. The first-order chi connectivity index (χ1) is 13.7. The number of benzene rings is 1. The molecule has 0 fully saturated rings. The normalized spacial score (nSPS) is 10.8. The van der Waals surface area contributed by atoms with Crippen LogP contribution < -0.4 is 4.74 Å². The van der Waals surface area contributed by atoms with Crippen LogP contribution >= 0.6 is 11.3 Å². The Hall–Kier alpha value is -2.64. The van der Waals surface area contributed by atoms with Gasteiger partial charge in [0.15, 0.2) is 5.76 Å². The highest BCUT2D eigenvalue weighted by Crippen LogP contribution is 2.20. The summed E-state index contributed by atoms with van der Waals surface area (Å²) in [5, 5.41) is 2.84. The fraction of sp³-hybridized carbons (Fsp3) is 0.333. The van der Waals surface area contributed by atoms with Gasteiger partial charge in [-0.1, -0.05) is 18.2 Å². The van der Waals surface area contributed by atoms with Crippen LogP contribution in [0.3, 0.4) is 0 Å². The van der Waals surface area contributed by atoms with E-state index in [-0.39, 0.29) is 5.91 Å². The van der Waals surface area contributed by atoms with Crippen LogP contribution in [0.15, 0.2) is 52.5 Å². The predicted molar refractivity (Wildman–Crippen MR) is 108 cm³/mol. The molecule has 3 rings (SSSR count). The number of nitrogens with zero attached hydrogens (tertiary/aromatic N) is 2. The minimum atomic E-state index is -0.146. The molecular weight excluding hydrogens is 376 g/mol. The summed E-state index contributed by atoms with van der Waals surface area (Å²) in [4.78, 5) is 19.1. The number of carbonyl (C=O) groups excluding carboxylic acids is 1. The lowest BCUT2D eigenvalue weighted by atomic mass is 10.2. The molecule has 0 aliphatic carbocycles. The van der Waals surface area contributed by atoms with Crippen molar-refractivity contribution in [2.75, 3.05) is 20.3 Å². The van der Waals surface area contributed by atoms with E-state index in [2.05, 4.69) is 4.98 Å². The van der Waals surface area contributed by atoms with Gasteiger partial charge in [-0.2, -0.15) is 0 Å². The first kappa shape index (κ1) is 20.1. The first-order valence-electron chi connectivity index (χ1n) is 9.11. The highest BCUT2D eigenvalue weighted by atomic mass is 32.1. The fourth-order valence-electron chi connectivity index (χ4n) is 2.75. The maximum Gasteiger partial charge on any atom is 0.289 e. The summed E-state index contributed by atoms with van der Waals surface area (Å²) in [5.41, 5.74) is 1.93. The topological polar surface area (TPSA) is 64.8 Å². The molecule has 1 aromatic carbocycles. The number of amides is 1. The lowest BCUT2D eigenvalue weighted by Gasteiger charge is -2.20. The Kier molecular flexibility index (Phi) is 7.22. The smallest absolute Gasteiger partial charge is 0.289 e. The van der Waals surface area contributed by atoms with Gasteiger partial charge in [0, 0.05) is 25.6 Å². The number of methoxy groups -OCH3 is 1. The summed E-state index contributed by atoms with van der Waals surface area (Å²) < 4.78 is 16.2. The summed E-state index contributed by atoms with van der Waals surface area (Å²) in [6, 6.07) is 11.3. The first-order valence-corrected chi connectivity index (χ1v) is 9.98. The summed E-state index contributed by atoms with van der Waals surface area (Å²) in [5.74, 6) is 1.04. The average molecular weight is 401 g/mol. The molecule has 0 aliphatic heterocycles. The van der Waals surface area contributed by atoms with E-state index in [0.29, 0.717) is 32.1 Å². The molecule has 0 aliphatic rings. The monoisotopic (exact) mass is 400 g/mol. The zero-order chi connectivity index (χ0) is 19.8. The van der Waals surface area contributed by atoms with E-state index < -0.39 is 0 Å². The van der Waals surface area contributed by atoms with Crippen molar-refractivity contribution in [2.45, 2.75) is 26.5 Å². The molecule has 2 heterocycles. The van der Waals surface area contributed by atoms with Gasteiger partial charge in [-0.15, -0.1) is 11.3 Å². The highest BCUT2D eigenvalue weighted by Gasteiger charge is 2.19. The van der Waals surface area contributed by atoms with Crippen molar-refractivity contribution in [1.29, 1.82) is 0 Å². The Morgan fingerprint density at radius 1 is 1.25 bits per heavy atom. The molecule has 0 saturated heterocycles. The lowest BCUT2D eigenvalue weighted by Crippen LogP contribution is -2.32. The van der Waals surface area contributed by atoms with E-state index in [0.717, 1.165) is 28.4 Å². The zero-order valence-electron chi connectivity index (χ0n) is 16.1. The van der Waals surface area contributed by atoms with Gasteiger partial charge in [0.05, 0.1) is 18.5 Å². The number of aryl methyl sites for hydroxylation is 1. The van der Waals surface area contributed by atoms with Crippen molar-refractivity contribution in [1.82, 2.24) is 9.88 Å². The molecule has 2 aromatic heterocycles. The van der Waals surface area contributed by atoms with E-state index in [1.54, 1.807) is 24.1 Å². The van der Waals surface area contributed by atoms with E-state index in [1.165, 1.54) is 17.6 Å². The van der Waals surface area contributed by atoms with Crippen LogP contribution in [0.2, 0.25) is 0 Å². The van der Waals surface area contributed by atoms with E-state index in [4.69, 9.17) is 13.9 Å². The Morgan fingerprint density at radius 2 is 2.11 bits per heavy atom. The van der Waals surface area contributed by atoms with E-state index >= 15 is 0 Å². The maximum atomic E-state index is 12.7. The number of aromatic nitrogens is 1. The third kappa shape index (κ3) is 5.43. The quantitative estimate of drug-likeness (QED) is 0.475. The second-order valence-corrected chi connectivity index (χ2v) is 7.28. The van der Waals surface area contributed by atoms with Crippen molar-refractivity contribution >= 4 is 17.2 Å². The number of thiazole rings is 1. The van der Waals surface area contributed by atoms with Gasteiger partial charge < -0.3 is 18.8 Å². The zero-order valence-corrected chi connectivity index (χ0v) is 16.9. The number of ether oxygens (including phenoxy) is 2. The van der Waals surface area contributed by atoms with Gasteiger partial charge in [-0.05, 0) is 37.1 Å². The largest absolute Gasteiger partial charge is 0.486 e. The fourth-order valence-corrected chi connectivity index (χ4v) is 3.45. The van der Waals surface area contributed by atoms with Crippen molar-refractivity contribution in [3.8, 4) is 5.75 Å². The molecule has 0 N–H and O–H groups in total. The molecule has 148 valence electrons. The third-order valence-corrected chi connectivity index (χ3v) is 5.06. The molecule has 0 atom stereocenters. The molecule has 3 aromatic rings. The Balaban J connectivity index is 1.62. The van der Waals surface area contributed by atoms with Crippen molar-refractivity contribution in [2.24, 2.45) is 0 Å². The van der Waals surface area contributed by atoms with Gasteiger partial charge in [0.25, 0.3) is 5.91 Å². The van der Waals surface area contributed by atoms with Crippen LogP contribution in [0, 0.1) is 6.92 Å². The van der Waals surface area contributed by atoms with Gasteiger partial charge in [0.2, 0.25) is 0 Å². The predicted octanol–water partition coefficient (Wildman–Crippen LogP) is 4.30. The summed E-state index contributed by atoms with van der Waals surface area (Å²) >= 11 is 1.53. The molecule has 28 heavy (non-hydrogen) atoms. The van der Waals surface area contributed by atoms with Crippen LogP contribution in [0.1, 0.15) is 33.2 Å². The van der Waals surface area contributed by atoms with Crippen LogP contribution in [-0.4, -0.2) is 36.1 Å². The minimum Gasteiger partial charge on any atom is -0.486 e. The van der Waals surface area contributed by atoms with Gasteiger partial charge in [-0.3, -0.25) is 4.79 Å². The lowest BCUT2D eigenvalue weighted by molar-refractivity contribution is 0.0689. The second-order valence-electron chi connectivity index (χ2n) is 6.34. The Bertz CT molecular complexity index is 876. The number of hydrogen-bond acceptors (Lipinski definition) is 6. The van der Waals surface area contributed by atoms with Crippen LogP contribution in [-0.2, 0) is 17.9 Å². The minimum absolute atomic E-state index is 0.146. The number of rotatable bonds is 10. The van der Waals surface area contributed by atoms with Crippen LogP contribution in [0.25, 0.3) is 0 Å². The van der Waals surface area contributed by atoms with E-state index in [9.17, 15) is 4.79 Å². The maximum absolute atomic E-state index is 12.7. The molecule has 0 saturated carbocycles. The molecular formula is C21H24N2O4S. The van der Waals surface area contributed by atoms with Gasteiger partial charge in [-0.25, -0.2) is 4.98 Å². The molecule has 6 nitrogen and oxygen atoms in total. The van der Waals surface area contributed by atoms with Crippen molar-refractivity contribution in [3.63, 3.8) is 0 Å². The summed E-state index contributed by atoms with van der Waals surface area (Å²) in [7, 11) is 1.65. The molecule has 7 heteroatoms. The second kappa shape index (κ2) is 10.1. The van der Waals surface area contributed by atoms with Gasteiger partial charge >= 0.3 is 0 Å². The molecule has 0 unspecified atom stereocenters. The molecule has 0 spiro atoms. The standard InChI is InChI=1S/C21H24N2O4S/c1-16-7-3-4-8-18(16)27-14-20-22-17(15-28-20)13-23(10-6-11-25-2)21(24)19-9-5-12-26-19/h3-5,7-9,12,15H,6,10-11,13-14H2,1-2H3. The van der Waals surface area contributed by atoms with E-state index in [1.807, 2.05) is 36.6 Å². The SMILES string of the molecule is COCCCN(Cc1csc(COc2ccccc2C)n1)C(=O)c1ccco1. The average Bonchev–Trinajstić information content (AvgIpc) is 3.38. The number of hydrogen-bond donors (Lipinski definition) is 0. The molecule has 0 radical (unpaired) electrons. The Labute approximate surface area is 168 Å². The van der Waals surface area contributed by atoms with Crippen LogP contribution in [0.4, 0.5) is 0 Å². The van der Waals surface area contributed by atoms with Gasteiger partial charge in [0.1, 0.15) is 17.4 Å². The number of furan rings is 1. The number of para-hydroxylation sites is 1. The third-order valence-electron chi connectivity index (χ3n) is 4.19. The van der Waals surface area contributed by atoms with Crippen molar-refractivity contribution < 1.29 is 18.7 Å². The molecule has 1 amide bonds. The molecule has 0 bridgehead atoms. The van der Waals surface area contributed by atoms with Crippen molar-refractivity contribution in [3.05, 3.63) is 70.1 Å². The summed E-state index contributed by atoms with van der Waals surface area (Å²) in [6.45, 7) is 4.00. The van der Waals surface area contributed by atoms with Crippen LogP contribution in [0.5, 0.6) is 5.75 Å². The summed E-state index contributed by atoms with van der Waals surface area (Å²) in [6.07, 6.45) is 2.25.